The maximum atomic E-state index is 2.49. The average molecular weight is 580 g/mol. The molecule has 0 aliphatic heterocycles. The number of hydrogen-bond acceptors (Lipinski definition) is 2. The predicted octanol–water partition coefficient (Wildman–Crippen LogP) is 12.4. The third kappa shape index (κ3) is 4.06. The number of fused-ring (bicyclic) bond motifs is 8. The quantitative estimate of drug-likeness (QED) is 0.187. The number of anilines is 2. The van der Waals surface area contributed by atoms with Gasteiger partial charge in [-0.1, -0.05) is 115 Å². The molecule has 0 N–H and O–H groups in total. The molecule has 1 heterocycles. The molecule has 0 saturated carbocycles. The lowest BCUT2D eigenvalue weighted by Gasteiger charge is -2.30. The van der Waals surface area contributed by atoms with Crippen LogP contribution in [0.1, 0.15) is 18.4 Å². The van der Waals surface area contributed by atoms with Gasteiger partial charge in [-0.15, -0.1) is 11.3 Å². The van der Waals surface area contributed by atoms with E-state index in [2.05, 4.69) is 157 Å². The summed E-state index contributed by atoms with van der Waals surface area (Å²) in [6, 6.07) is 51.3. The second-order valence-corrected chi connectivity index (χ2v) is 12.7. The van der Waals surface area contributed by atoms with E-state index >= 15 is 0 Å². The molecule has 8 aromatic rings. The van der Waals surface area contributed by atoms with Crippen LogP contribution in [0.25, 0.3) is 58.1 Å². The van der Waals surface area contributed by atoms with Crippen LogP contribution in [-0.2, 0) is 0 Å². The molecule has 0 unspecified atom stereocenters. The molecule has 9 rings (SSSR count). The Labute approximate surface area is 260 Å². The van der Waals surface area contributed by atoms with E-state index in [0.29, 0.717) is 0 Å². The average Bonchev–Trinajstić information content (AvgIpc) is 3.48. The van der Waals surface area contributed by atoms with Crippen molar-refractivity contribution in [2.45, 2.75) is 12.8 Å². The van der Waals surface area contributed by atoms with Gasteiger partial charge in [0.05, 0.1) is 5.69 Å². The standard InChI is InChI=1S/C42H29NS/c1-2-10-28(11-3-1)31-13-8-14-32(26-31)43(33-23-22-30-21-20-29-12-4-5-15-34(29)38(30)27-33)39-18-9-17-36-35(39)24-25-41-42(36)37-16-6-7-19-40(37)44-41/h1-7,9-12,14-27H,8,13H2. The van der Waals surface area contributed by atoms with Crippen molar-refractivity contribution in [1.82, 2.24) is 0 Å². The Bertz CT molecular complexity index is 2440. The molecular weight excluding hydrogens is 551 g/mol. The van der Waals surface area contributed by atoms with Crippen LogP contribution in [0.4, 0.5) is 11.4 Å². The first-order valence-corrected chi connectivity index (χ1v) is 16.1. The van der Waals surface area contributed by atoms with Crippen molar-refractivity contribution >= 4 is 80.8 Å². The van der Waals surface area contributed by atoms with Gasteiger partial charge in [0, 0.05) is 36.9 Å². The summed E-state index contributed by atoms with van der Waals surface area (Å²) in [5, 5.41) is 10.4. The van der Waals surface area contributed by atoms with Crippen molar-refractivity contribution < 1.29 is 0 Å². The minimum Gasteiger partial charge on any atom is -0.310 e. The van der Waals surface area contributed by atoms with Crippen molar-refractivity contribution in [1.29, 1.82) is 0 Å². The largest absolute Gasteiger partial charge is 0.310 e. The second kappa shape index (κ2) is 10.2. The molecule has 1 nitrogen and oxygen atoms in total. The van der Waals surface area contributed by atoms with Gasteiger partial charge < -0.3 is 4.90 Å². The lowest BCUT2D eigenvalue weighted by molar-refractivity contribution is 1.01. The van der Waals surface area contributed by atoms with Crippen LogP contribution >= 0.6 is 11.3 Å². The Balaban J connectivity index is 1.32. The molecule has 7 aromatic carbocycles. The first-order chi connectivity index (χ1) is 21.8. The van der Waals surface area contributed by atoms with Crippen LogP contribution in [0.5, 0.6) is 0 Å². The maximum absolute atomic E-state index is 2.49. The maximum Gasteiger partial charge on any atom is 0.0540 e. The van der Waals surface area contributed by atoms with E-state index in [-0.39, 0.29) is 0 Å². The van der Waals surface area contributed by atoms with Gasteiger partial charge in [0.15, 0.2) is 0 Å². The van der Waals surface area contributed by atoms with E-state index in [1.165, 1.54) is 80.7 Å². The number of hydrogen-bond donors (Lipinski definition) is 0. The molecule has 2 heteroatoms. The van der Waals surface area contributed by atoms with Crippen molar-refractivity contribution in [3.63, 3.8) is 0 Å². The van der Waals surface area contributed by atoms with E-state index < -0.39 is 0 Å². The highest BCUT2D eigenvalue weighted by atomic mass is 32.1. The first-order valence-electron chi connectivity index (χ1n) is 15.3. The topological polar surface area (TPSA) is 3.24 Å². The molecule has 0 atom stereocenters. The monoisotopic (exact) mass is 579 g/mol. The number of allylic oxidation sites excluding steroid dienone is 3. The molecule has 208 valence electrons. The van der Waals surface area contributed by atoms with Crippen molar-refractivity contribution in [3.8, 4) is 0 Å². The van der Waals surface area contributed by atoms with E-state index in [1.54, 1.807) is 0 Å². The molecule has 0 radical (unpaired) electrons. The van der Waals surface area contributed by atoms with Crippen molar-refractivity contribution in [2.75, 3.05) is 4.90 Å². The summed E-state index contributed by atoms with van der Waals surface area (Å²) in [6.07, 6.45) is 6.87. The van der Waals surface area contributed by atoms with Crippen LogP contribution < -0.4 is 4.90 Å². The van der Waals surface area contributed by atoms with E-state index in [9.17, 15) is 0 Å². The number of thiophene rings is 1. The number of rotatable bonds is 4. The zero-order chi connectivity index (χ0) is 29.0. The van der Waals surface area contributed by atoms with Crippen LogP contribution in [-0.4, -0.2) is 0 Å². The highest BCUT2D eigenvalue weighted by molar-refractivity contribution is 7.26. The third-order valence-electron chi connectivity index (χ3n) is 9.10. The third-order valence-corrected chi connectivity index (χ3v) is 10.2. The van der Waals surface area contributed by atoms with Gasteiger partial charge in [-0.2, -0.15) is 0 Å². The van der Waals surface area contributed by atoms with Crippen LogP contribution in [0, 0.1) is 0 Å². The predicted molar refractivity (Wildman–Crippen MR) is 192 cm³/mol. The number of nitrogens with zero attached hydrogens (tertiary/aromatic N) is 1. The van der Waals surface area contributed by atoms with E-state index in [0.717, 1.165) is 12.8 Å². The molecule has 1 aliphatic rings. The number of benzene rings is 7. The SMILES string of the molecule is C1=C(c2ccccc2)CCC=C1N(c1ccc2ccc3ccccc3c2c1)c1cccc2c1ccc1sc3ccccc3c12. The Kier molecular flexibility index (Phi) is 5.89. The summed E-state index contributed by atoms with van der Waals surface area (Å²) in [6.45, 7) is 0. The second-order valence-electron chi connectivity index (χ2n) is 11.6. The van der Waals surface area contributed by atoms with Crippen LogP contribution in [0.15, 0.2) is 157 Å². The van der Waals surface area contributed by atoms with Gasteiger partial charge in [0.2, 0.25) is 0 Å². The molecule has 0 spiro atoms. The summed E-state index contributed by atoms with van der Waals surface area (Å²) in [4.78, 5) is 2.49. The van der Waals surface area contributed by atoms with Gasteiger partial charge in [-0.05, 0) is 87.3 Å². The molecule has 0 bridgehead atoms. The Morgan fingerprint density at radius 2 is 1.27 bits per heavy atom. The fraction of sp³-hybridized carbons (Fsp3) is 0.0476. The van der Waals surface area contributed by atoms with E-state index in [1.807, 2.05) is 11.3 Å². The zero-order valence-electron chi connectivity index (χ0n) is 24.2. The van der Waals surface area contributed by atoms with Crippen molar-refractivity contribution in [2.24, 2.45) is 0 Å². The normalized spacial score (nSPS) is 13.5. The minimum absolute atomic E-state index is 1.01. The first kappa shape index (κ1) is 25.3. The van der Waals surface area contributed by atoms with Crippen LogP contribution in [0.2, 0.25) is 0 Å². The lowest BCUT2D eigenvalue weighted by Crippen LogP contribution is -2.17. The smallest absolute Gasteiger partial charge is 0.0540 e. The Morgan fingerprint density at radius 3 is 2.18 bits per heavy atom. The fourth-order valence-corrected chi connectivity index (χ4v) is 8.16. The van der Waals surface area contributed by atoms with Crippen molar-refractivity contribution in [3.05, 3.63) is 163 Å². The Hall–Kier alpha value is -5.18. The highest BCUT2D eigenvalue weighted by Gasteiger charge is 2.21. The molecule has 1 aromatic heterocycles. The molecule has 1 aliphatic carbocycles. The zero-order valence-corrected chi connectivity index (χ0v) is 25.0. The Morgan fingerprint density at radius 1 is 0.523 bits per heavy atom. The summed E-state index contributed by atoms with van der Waals surface area (Å²) in [7, 11) is 0. The summed E-state index contributed by atoms with van der Waals surface area (Å²) in [5.41, 5.74) is 6.28. The summed E-state index contributed by atoms with van der Waals surface area (Å²) < 4.78 is 2.67. The molecular formula is C42H29NS. The minimum atomic E-state index is 1.01. The molecule has 44 heavy (non-hydrogen) atoms. The summed E-state index contributed by atoms with van der Waals surface area (Å²) >= 11 is 1.88. The fourth-order valence-electron chi connectivity index (χ4n) is 7.04. The van der Waals surface area contributed by atoms with Gasteiger partial charge in [0.25, 0.3) is 0 Å². The molecule has 0 fully saturated rings. The van der Waals surface area contributed by atoms with E-state index in [4.69, 9.17) is 0 Å². The lowest BCUT2D eigenvalue weighted by atomic mass is 9.94. The van der Waals surface area contributed by atoms with Gasteiger partial charge >= 0.3 is 0 Å². The van der Waals surface area contributed by atoms with Gasteiger partial charge in [-0.3, -0.25) is 0 Å². The van der Waals surface area contributed by atoms with Gasteiger partial charge in [0.1, 0.15) is 0 Å². The molecule has 0 saturated heterocycles. The van der Waals surface area contributed by atoms with Gasteiger partial charge in [-0.25, -0.2) is 0 Å². The van der Waals surface area contributed by atoms with Crippen LogP contribution in [0.3, 0.4) is 0 Å². The highest BCUT2D eigenvalue weighted by Crippen LogP contribution is 2.44. The summed E-state index contributed by atoms with van der Waals surface area (Å²) in [5.74, 6) is 0. The molecule has 0 amide bonds.